The van der Waals surface area contributed by atoms with E-state index in [4.69, 9.17) is 11.6 Å². The number of halogens is 1. The Balaban J connectivity index is 1.62. The van der Waals surface area contributed by atoms with Crippen LogP contribution < -0.4 is 21.3 Å². The van der Waals surface area contributed by atoms with Gasteiger partial charge in [0.1, 0.15) is 11.6 Å². The van der Waals surface area contributed by atoms with E-state index in [0.717, 1.165) is 16.9 Å². The highest BCUT2D eigenvalue weighted by Gasteiger charge is 2.14. The summed E-state index contributed by atoms with van der Waals surface area (Å²) < 4.78 is 0. The molecule has 2 aromatic heterocycles. The van der Waals surface area contributed by atoms with Crippen LogP contribution in [0.4, 0.5) is 16.6 Å². The van der Waals surface area contributed by atoms with Gasteiger partial charge in [0.2, 0.25) is 5.91 Å². The highest BCUT2D eigenvalue weighted by molar-refractivity contribution is 7.13. The molecule has 4 N–H and O–H groups in total. The first kappa shape index (κ1) is 24.9. The van der Waals surface area contributed by atoms with Crippen LogP contribution in [0, 0.1) is 10.1 Å². The molecule has 0 saturated carbocycles. The zero-order valence-electron chi connectivity index (χ0n) is 18.1. The number of amides is 2. The van der Waals surface area contributed by atoms with Gasteiger partial charge in [0.15, 0.2) is 5.82 Å². The lowest BCUT2D eigenvalue weighted by molar-refractivity contribution is -0.380. The van der Waals surface area contributed by atoms with Crippen molar-refractivity contribution in [1.29, 1.82) is 0 Å². The fraction of sp³-hybridized carbons (Fsp3) is 0.238. The van der Waals surface area contributed by atoms with Crippen molar-refractivity contribution in [3.8, 4) is 11.4 Å². The Hall–Kier alpha value is -3.77. The SMILES string of the molecule is CC(=O)NCCNc1cc(NCCNC(=O)c2csc([N+](=O)[O-])c2)nc(-c2ccc(Cl)cc2)n1. The Bertz CT molecular complexity index is 1170. The minimum absolute atomic E-state index is 0.0856. The summed E-state index contributed by atoms with van der Waals surface area (Å²) in [7, 11) is 0. The lowest BCUT2D eigenvalue weighted by Crippen LogP contribution is -2.28. The van der Waals surface area contributed by atoms with E-state index >= 15 is 0 Å². The molecule has 0 atom stereocenters. The fourth-order valence-corrected chi connectivity index (χ4v) is 3.62. The van der Waals surface area contributed by atoms with Crippen LogP contribution in [-0.4, -0.2) is 52.9 Å². The summed E-state index contributed by atoms with van der Waals surface area (Å²) >= 11 is 6.88. The Kier molecular flexibility index (Phi) is 8.71. The van der Waals surface area contributed by atoms with Crippen LogP contribution in [0.25, 0.3) is 11.4 Å². The number of carbonyl (C=O) groups excluding carboxylic acids is 2. The van der Waals surface area contributed by atoms with Gasteiger partial charge in [-0.1, -0.05) is 22.9 Å². The summed E-state index contributed by atoms with van der Waals surface area (Å²) in [6.07, 6.45) is 0. The van der Waals surface area contributed by atoms with Gasteiger partial charge in [-0.05, 0) is 24.3 Å². The predicted molar refractivity (Wildman–Crippen MR) is 131 cm³/mol. The Labute approximate surface area is 204 Å². The molecule has 0 aliphatic heterocycles. The van der Waals surface area contributed by atoms with Crippen molar-refractivity contribution in [2.75, 3.05) is 36.8 Å². The van der Waals surface area contributed by atoms with E-state index in [-0.39, 0.29) is 23.0 Å². The van der Waals surface area contributed by atoms with Crippen LogP contribution in [0.2, 0.25) is 5.02 Å². The number of hydrogen-bond donors (Lipinski definition) is 4. The third-order valence-corrected chi connectivity index (χ3v) is 5.51. The van der Waals surface area contributed by atoms with Crippen molar-refractivity contribution >= 4 is 51.4 Å². The maximum atomic E-state index is 12.2. The normalized spacial score (nSPS) is 10.4. The molecule has 2 amide bonds. The average Bonchev–Trinajstić information content (AvgIpc) is 3.31. The number of benzene rings is 1. The van der Waals surface area contributed by atoms with Gasteiger partial charge in [-0.2, -0.15) is 0 Å². The van der Waals surface area contributed by atoms with Crippen LogP contribution in [0.15, 0.2) is 41.8 Å². The van der Waals surface area contributed by atoms with Crippen molar-refractivity contribution in [3.05, 3.63) is 62.5 Å². The molecule has 13 heteroatoms. The van der Waals surface area contributed by atoms with Gasteiger partial charge in [0.25, 0.3) is 5.91 Å². The number of nitro groups is 1. The second-order valence-corrected chi connectivity index (χ2v) is 8.32. The Morgan fingerprint density at radius 3 is 2.18 bits per heavy atom. The molecular weight excluding hydrogens is 482 g/mol. The number of anilines is 2. The van der Waals surface area contributed by atoms with E-state index in [0.29, 0.717) is 42.1 Å². The molecule has 0 fully saturated rings. The summed E-state index contributed by atoms with van der Waals surface area (Å²) in [5, 5.41) is 24.4. The monoisotopic (exact) mass is 503 g/mol. The van der Waals surface area contributed by atoms with E-state index in [1.54, 1.807) is 18.2 Å². The van der Waals surface area contributed by atoms with Crippen LogP contribution in [-0.2, 0) is 4.79 Å². The molecule has 0 aliphatic carbocycles. The number of carbonyl (C=O) groups is 2. The molecule has 2 heterocycles. The highest BCUT2D eigenvalue weighted by atomic mass is 35.5. The van der Waals surface area contributed by atoms with Gasteiger partial charge < -0.3 is 21.3 Å². The summed E-state index contributed by atoms with van der Waals surface area (Å²) in [6, 6.07) is 10.1. The first-order valence-corrected chi connectivity index (χ1v) is 11.5. The minimum Gasteiger partial charge on any atom is -0.368 e. The lowest BCUT2D eigenvalue weighted by Gasteiger charge is -2.12. The van der Waals surface area contributed by atoms with Crippen molar-refractivity contribution in [2.24, 2.45) is 0 Å². The largest absolute Gasteiger partial charge is 0.368 e. The molecule has 0 radical (unpaired) electrons. The van der Waals surface area contributed by atoms with Crippen molar-refractivity contribution in [1.82, 2.24) is 20.6 Å². The highest BCUT2D eigenvalue weighted by Crippen LogP contribution is 2.23. The third-order valence-electron chi connectivity index (χ3n) is 4.38. The molecule has 11 nitrogen and oxygen atoms in total. The van der Waals surface area contributed by atoms with Gasteiger partial charge in [-0.25, -0.2) is 9.97 Å². The predicted octanol–water partition coefficient (Wildman–Crippen LogP) is 3.16. The molecule has 178 valence electrons. The van der Waals surface area contributed by atoms with E-state index in [2.05, 4.69) is 31.2 Å². The molecule has 0 unspecified atom stereocenters. The number of rotatable bonds is 11. The standard InChI is InChI=1S/C21H22ClN7O4S/c1-13(30)23-6-7-24-17-11-18(28-20(27-17)14-2-4-16(22)5-3-14)25-8-9-26-21(31)15-10-19(29(32)33)34-12-15/h2-5,10-12H,6-9H2,1H3,(H,23,30)(H,26,31)(H2,24,25,27,28). The first-order valence-electron chi connectivity index (χ1n) is 10.2. The second-order valence-electron chi connectivity index (χ2n) is 6.99. The van der Waals surface area contributed by atoms with Gasteiger partial charge in [0.05, 0.1) is 10.5 Å². The van der Waals surface area contributed by atoms with Gasteiger partial charge in [-0.15, -0.1) is 0 Å². The van der Waals surface area contributed by atoms with Gasteiger partial charge >= 0.3 is 5.00 Å². The van der Waals surface area contributed by atoms with E-state index in [1.165, 1.54) is 18.4 Å². The molecule has 0 spiro atoms. The fourth-order valence-electron chi connectivity index (χ4n) is 2.79. The Morgan fingerprint density at radius 2 is 1.62 bits per heavy atom. The summed E-state index contributed by atoms with van der Waals surface area (Å²) in [5.41, 5.74) is 1.01. The van der Waals surface area contributed by atoms with Gasteiger partial charge in [-0.3, -0.25) is 19.7 Å². The van der Waals surface area contributed by atoms with Crippen LogP contribution in [0.3, 0.4) is 0 Å². The number of thiophene rings is 1. The maximum absolute atomic E-state index is 12.2. The quantitative estimate of drug-likeness (QED) is 0.177. The minimum atomic E-state index is -0.530. The summed E-state index contributed by atoms with van der Waals surface area (Å²) in [5.74, 6) is 1.05. The smallest absolute Gasteiger partial charge is 0.324 e. The Morgan fingerprint density at radius 1 is 1.00 bits per heavy atom. The summed E-state index contributed by atoms with van der Waals surface area (Å²) in [6.45, 7) is 2.99. The second kappa shape index (κ2) is 11.9. The van der Waals surface area contributed by atoms with E-state index < -0.39 is 10.8 Å². The summed E-state index contributed by atoms with van der Waals surface area (Å²) in [4.78, 5) is 42.5. The number of nitrogens with zero attached hydrogens (tertiary/aromatic N) is 3. The van der Waals surface area contributed by atoms with E-state index in [9.17, 15) is 19.7 Å². The molecule has 34 heavy (non-hydrogen) atoms. The molecule has 0 aliphatic rings. The molecule has 1 aromatic carbocycles. The van der Waals surface area contributed by atoms with Crippen LogP contribution >= 0.6 is 22.9 Å². The molecular formula is C21H22ClN7O4S. The molecule has 3 rings (SSSR count). The maximum Gasteiger partial charge on any atom is 0.324 e. The molecule has 0 bridgehead atoms. The van der Waals surface area contributed by atoms with Crippen molar-refractivity contribution in [2.45, 2.75) is 6.92 Å². The van der Waals surface area contributed by atoms with Crippen LogP contribution in [0.5, 0.6) is 0 Å². The zero-order valence-corrected chi connectivity index (χ0v) is 19.7. The molecule has 3 aromatic rings. The molecule has 0 saturated heterocycles. The topological polar surface area (TPSA) is 151 Å². The zero-order chi connectivity index (χ0) is 24.5. The van der Waals surface area contributed by atoms with E-state index in [1.807, 2.05) is 12.1 Å². The number of hydrogen-bond acceptors (Lipinski definition) is 9. The number of aromatic nitrogens is 2. The van der Waals surface area contributed by atoms with Crippen LogP contribution in [0.1, 0.15) is 17.3 Å². The van der Waals surface area contributed by atoms with Crippen molar-refractivity contribution in [3.63, 3.8) is 0 Å². The third kappa shape index (κ3) is 7.39. The lowest BCUT2D eigenvalue weighted by atomic mass is 10.2. The first-order chi connectivity index (χ1) is 16.3. The van der Waals surface area contributed by atoms with Crippen molar-refractivity contribution < 1.29 is 14.5 Å². The number of nitrogens with one attached hydrogen (secondary N) is 4. The average molecular weight is 504 g/mol. The van der Waals surface area contributed by atoms with Gasteiger partial charge in [0, 0.05) is 61.2 Å².